The van der Waals surface area contributed by atoms with E-state index < -0.39 is 0 Å². The number of hydrogen-bond acceptors (Lipinski definition) is 0. The number of rotatable bonds is 4. The highest BCUT2D eigenvalue weighted by Gasteiger charge is 2.07. The quantitative estimate of drug-likeness (QED) is 0.660. The summed E-state index contributed by atoms with van der Waals surface area (Å²) in [5, 5.41) is 0. The van der Waals surface area contributed by atoms with Crippen LogP contribution in [-0.2, 0) is 6.42 Å². The maximum atomic E-state index is 2.32. The fourth-order valence-corrected chi connectivity index (χ4v) is 1.93. The molecule has 0 aromatic heterocycles. The standard InChI is InChI=1S/C14H22/c1-5-13-6-8-14(9-7-13)12(4)10-11(2)3/h6-9,11-12H,5,10H2,1-4H3. The van der Waals surface area contributed by atoms with Crippen molar-refractivity contribution in [3.05, 3.63) is 35.4 Å². The lowest BCUT2D eigenvalue weighted by molar-refractivity contribution is 0.523. The van der Waals surface area contributed by atoms with Crippen molar-refractivity contribution in [3.8, 4) is 0 Å². The molecule has 0 fully saturated rings. The summed E-state index contributed by atoms with van der Waals surface area (Å²) < 4.78 is 0. The first-order valence-electron chi connectivity index (χ1n) is 5.72. The van der Waals surface area contributed by atoms with Crippen molar-refractivity contribution in [2.45, 2.75) is 46.5 Å². The summed E-state index contributed by atoms with van der Waals surface area (Å²) in [7, 11) is 0. The topological polar surface area (TPSA) is 0 Å². The van der Waals surface area contributed by atoms with Gasteiger partial charge in [0.25, 0.3) is 0 Å². The average molecular weight is 190 g/mol. The predicted octanol–water partition coefficient (Wildman–Crippen LogP) is 4.40. The molecule has 0 aliphatic carbocycles. The Bertz CT molecular complexity index is 256. The molecular weight excluding hydrogens is 168 g/mol. The van der Waals surface area contributed by atoms with Gasteiger partial charge in [0.05, 0.1) is 0 Å². The van der Waals surface area contributed by atoms with Crippen molar-refractivity contribution >= 4 is 0 Å². The first-order chi connectivity index (χ1) is 6.63. The Morgan fingerprint density at radius 3 is 2.00 bits per heavy atom. The first-order valence-corrected chi connectivity index (χ1v) is 5.72. The van der Waals surface area contributed by atoms with Gasteiger partial charge in [-0.2, -0.15) is 0 Å². The largest absolute Gasteiger partial charge is 0.0628 e. The van der Waals surface area contributed by atoms with Gasteiger partial charge in [-0.1, -0.05) is 52.0 Å². The zero-order valence-corrected chi connectivity index (χ0v) is 9.88. The van der Waals surface area contributed by atoms with Crippen LogP contribution in [0.25, 0.3) is 0 Å². The van der Waals surface area contributed by atoms with Crippen LogP contribution >= 0.6 is 0 Å². The smallest absolute Gasteiger partial charge is 0.0188 e. The Morgan fingerprint density at radius 2 is 1.57 bits per heavy atom. The molecule has 0 aliphatic rings. The van der Waals surface area contributed by atoms with Crippen LogP contribution in [0.5, 0.6) is 0 Å². The third-order valence-corrected chi connectivity index (χ3v) is 2.78. The second-order valence-electron chi connectivity index (χ2n) is 4.63. The van der Waals surface area contributed by atoms with Crippen LogP contribution in [0.2, 0.25) is 0 Å². The molecule has 0 heteroatoms. The van der Waals surface area contributed by atoms with Crippen LogP contribution in [0.1, 0.15) is 51.2 Å². The summed E-state index contributed by atoms with van der Waals surface area (Å²) in [6.07, 6.45) is 2.42. The number of hydrogen-bond donors (Lipinski definition) is 0. The summed E-state index contributed by atoms with van der Waals surface area (Å²) in [6, 6.07) is 9.08. The second-order valence-corrected chi connectivity index (χ2v) is 4.63. The SMILES string of the molecule is CCc1ccc(C(C)CC(C)C)cc1. The van der Waals surface area contributed by atoms with E-state index >= 15 is 0 Å². The van der Waals surface area contributed by atoms with Gasteiger partial charge in [0.2, 0.25) is 0 Å². The maximum absolute atomic E-state index is 2.32. The van der Waals surface area contributed by atoms with Gasteiger partial charge in [-0.25, -0.2) is 0 Å². The Hall–Kier alpha value is -0.780. The highest BCUT2D eigenvalue weighted by atomic mass is 14.1. The minimum absolute atomic E-state index is 0.695. The van der Waals surface area contributed by atoms with E-state index in [4.69, 9.17) is 0 Å². The summed E-state index contributed by atoms with van der Waals surface area (Å²) in [5.74, 6) is 1.48. The molecule has 1 rings (SSSR count). The molecule has 1 atom stereocenters. The van der Waals surface area contributed by atoms with Gasteiger partial charge in [0.15, 0.2) is 0 Å². The van der Waals surface area contributed by atoms with Gasteiger partial charge in [-0.3, -0.25) is 0 Å². The summed E-state index contributed by atoms with van der Waals surface area (Å²) in [6.45, 7) is 9.10. The minimum atomic E-state index is 0.695. The lowest BCUT2D eigenvalue weighted by Gasteiger charge is -2.14. The molecule has 1 unspecified atom stereocenters. The van der Waals surface area contributed by atoms with Crippen LogP contribution in [0, 0.1) is 5.92 Å². The molecule has 1 aromatic carbocycles. The zero-order valence-electron chi connectivity index (χ0n) is 9.88. The second kappa shape index (κ2) is 5.19. The first kappa shape index (κ1) is 11.3. The van der Waals surface area contributed by atoms with E-state index in [-0.39, 0.29) is 0 Å². The molecular formula is C14H22. The molecule has 14 heavy (non-hydrogen) atoms. The molecule has 0 amide bonds. The lowest BCUT2D eigenvalue weighted by atomic mass is 9.91. The molecule has 0 N–H and O–H groups in total. The summed E-state index contributed by atoms with van der Waals surface area (Å²) in [5.41, 5.74) is 2.92. The van der Waals surface area contributed by atoms with E-state index in [0.717, 1.165) is 12.3 Å². The highest BCUT2D eigenvalue weighted by Crippen LogP contribution is 2.23. The van der Waals surface area contributed by atoms with Crippen molar-refractivity contribution in [2.24, 2.45) is 5.92 Å². The van der Waals surface area contributed by atoms with Gasteiger partial charge in [-0.15, -0.1) is 0 Å². The lowest BCUT2D eigenvalue weighted by Crippen LogP contribution is -1.98. The summed E-state index contributed by atoms with van der Waals surface area (Å²) >= 11 is 0. The van der Waals surface area contributed by atoms with E-state index in [9.17, 15) is 0 Å². The van der Waals surface area contributed by atoms with E-state index in [1.165, 1.54) is 17.5 Å². The monoisotopic (exact) mass is 190 g/mol. The molecule has 0 bridgehead atoms. The molecule has 0 spiro atoms. The fourth-order valence-electron chi connectivity index (χ4n) is 1.93. The zero-order chi connectivity index (χ0) is 10.6. The Kier molecular flexibility index (Phi) is 4.19. The third kappa shape index (κ3) is 3.17. The van der Waals surface area contributed by atoms with E-state index in [2.05, 4.69) is 52.0 Å². The van der Waals surface area contributed by atoms with Gasteiger partial charge in [-0.05, 0) is 35.8 Å². The molecule has 0 saturated heterocycles. The Balaban J connectivity index is 2.66. The van der Waals surface area contributed by atoms with Crippen molar-refractivity contribution < 1.29 is 0 Å². The highest BCUT2D eigenvalue weighted by molar-refractivity contribution is 5.24. The number of benzene rings is 1. The van der Waals surface area contributed by atoms with Gasteiger partial charge < -0.3 is 0 Å². The molecule has 0 aliphatic heterocycles. The van der Waals surface area contributed by atoms with E-state index in [1.54, 1.807) is 0 Å². The average Bonchev–Trinajstić information content (AvgIpc) is 2.17. The maximum Gasteiger partial charge on any atom is -0.0188 e. The third-order valence-electron chi connectivity index (χ3n) is 2.78. The van der Waals surface area contributed by atoms with Crippen molar-refractivity contribution in [3.63, 3.8) is 0 Å². The number of aryl methyl sites for hydroxylation is 1. The van der Waals surface area contributed by atoms with Crippen LogP contribution in [-0.4, -0.2) is 0 Å². The van der Waals surface area contributed by atoms with Gasteiger partial charge >= 0.3 is 0 Å². The molecule has 1 aromatic rings. The normalized spacial score (nSPS) is 13.2. The van der Waals surface area contributed by atoms with Crippen LogP contribution < -0.4 is 0 Å². The molecule has 0 radical (unpaired) electrons. The van der Waals surface area contributed by atoms with Gasteiger partial charge in [0.1, 0.15) is 0 Å². The fraction of sp³-hybridized carbons (Fsp3) is 0.571. The predicted molar refractivity (Wildman–Crippen MR) is 63.7 cm³/mol. The van der Waals surface area contributed by atoms with Crippen LogP contribution in [0.3, 0.4) is 0 Å². The van der Waals surface area contributed by atoms with Crippen molar-refractivity contribution in [2.75, 3.05) is 0 Å². The molecule has 78 valence electrons. The molecule has 0 saturated carbocycles. The Labute approximate surface area is 88.4 Å². The van der Waals surface area contributed by atoms with E-state index in [1.807, 2.05) is 0 Å². The van der Waals surface area contributed by atoms with Gasteiger partial charge in [0, 0.05) is 0 Å². The Morgan fingerprint density at radius 1 is 1.00 bits per heavy atom. The molecule has 0 nitrogen and oxygen atoms in total. The van der Waals surface area contributed by atoms with Crippen molar-refractivity contribution in [1.82, 2.24) is 0 Å². The van der Waals surface area contributed by atoms with E-state index in [0.29, 0.717) is 5.92 Å². The van der Waals surface area contributed by atoms with Crippen LogP contribution in [0.15, 0.2) is 24.3 Å². The van der Waals surface area contributed by atoms with Crippen LogP contribution in [0.4, 0.5) is 0 Å². The van der Waals surface area contributed by atoms with Crippen molar-refractivity contribution in [1.29, 1.82) is 0 Å². The molecule has 0 heterocycles. The summed E-state index contributed by atoms with van der Waals surface area (Å²) in [4.78, 5) is 0. The minimum Gasteiger partial charge on any atom is -0.0628 e.